The van der Waals surface area contributed by atoms with Crippen LogP contribution in [-0.2, 0) is 20.0 Å². The van der Waals surface area contributed by atoms with Crippen LogP contribution in [0.1, 0.15) is 25.7 Å². The summed E-state index contributed by atoms with van der Waals surface area (Å²) < 4.78 is 121. The molecule has 0 aromatic carbocycles. The number of pyridine rings is 2. The summed E-state index contributed by atoms with van der Waals surface area (Å²) in [6.07, 6.45) is 7.04. The van der Waals surface area contributed by atoms with Crippen LogP contribution in [0.5, 0.6) is 0 Å². The molecule has 0 bridgehead atoms. The molecular weight excluding hydrogens is 604 g/mol. The fraction of sp³-hybridized carbons (Fsp3) is 0.545. The highest BCUT2D eigenvalue weighted by atomic mass is 32.2. The van der Waals surface area contributed by atoms with E-state index in [1.54, 1.807) is 28.0 Å². The number of H-pyrrole nitrogens is 1. The highest BCUT2D eigenvalue weighted by Crippen LogP contribution is 2.33. The second kappa shape index (κ2) is 11.9. The van der Waals surface area contributed by atoms with Crippen LogP contribution in [0.4, 0.5) is 32.0 Å². The van der Waals surface area contributed by atoms with Crippen molar-refractivity contribution < 1.29 is 43.2 Å². The van der Waals surface area contributed by atoms with Gasteiger partial charge in [-0.25, -0.2) is 36.2 Å². The second-order valence-corrected chi connectivity index (χ2v) is 13.0. The van der Waals surface area contributed by atoms with Crippen molar-refractivity contribution in [1.82, 2.24) is 29.7 Å². The van der Waals surface area contributed by atoms with Crippen LogP contribution in [0.15, 0.2) is 30.7 Å². The second-order valence-electron chi connectivity index (χ2n) is 9.55. The first-order chi connectivity index (χ1) is 19.1. The smallest absolute Gasteiger partial charge is 0.369 e. The zero-order valence-electron chi connectivity index (χ0n) is 21.3. The number of rotatable bonds is 5. The van der Waals surface area contributed by atoms with E-state index in [2.05, 4.69) is 20.3 Å². The molecule has 2 unspecified atom stereocenters. The summed E-state index contributed by atoms with van der Waals surface area (Å²) >= 11 is 0. The summed E-state index contributed by atoms with van der Waals surface area (Å²) in [6.45, 7) is 1.72. The molecule has 2 saturated heterocycles. The highest BCUT2D eigenvalue weighted by Gasteiger charge is 2.47. The lowest BCUT2D eigenvalue weighted by Gasteiger charge is -2.35. The molecule has 2 fully saturated rings. The van der Waals surface area contributed by atoms with Gasteiger partial charge in [0.25, 0.3) is 0 Å². The minimum atomic E-state index is -5.37. The number of halogens is 6. The first-order valence-electron chi connectivity index (χ1n) is 12.4. The third-order valence-electron chi connectivity index (χ3n) is 6.58. The molecule has 0 amide bonds. The van der Waals surface area contributed by atoms with Crippen molar-refractivity contribution >= 4 is 47.7 Å². The average Bonchev–Trinajstić information content (AvgIpc) is 3.37. The van der Waals surface area contributed by atoms with Crippen molar-refractivity contribution in [2.75, 3.05) is 31.1 Å². The molecule has 0 aliphatic carbocycles. The van der Waals surface area contributed by atoms with E-state index in [0.717, 1.165) is 22.0 Å². The maximum absolute atomic E-state index is 12.7. The number of hydrogen-bond acceptors (Lipinski definition) is 8. The Bertz CT molecular complexity index is 1570. The molecule has 228 valence electrons. The van der Waals surface area contributed by atoms with Gasteiger partial charge in [-0.3, -0.25) is 0 Å². The number of piperidine rings is 2. The summed E-state index contributed by atoms with van der Waals surface area (Å²) in [5, 5.41) is 4.51. The van der Waals surface area contributed by atoms with Gasteiger partial charge in [0.1, 0.15) is 0 Å². The van der Waals surface area contributed by atoms with E-state index in [4.69, 9.17) is 0 Å². The first kappa shape index (κ1) is 31.2. The number of aromatic nitrogens is 3. The molecule has 11 nitrogen and oxygen atoms in total. The molecule has 2 aliphatic heterocycles. The van der Waals surface area contributed by atoms with Crippen molar-refractivity contribution in [3.63, 3.8) is 0 Å². The quantitative estimate of drug-likeness (QED) is 0.314. The van der Waals surface area contributed by atoms with Gasteiger partial charge >= 0.3 is 31.1 Å². The van der Waals surface area contributed by atoms with Gasteiger partial charge < -0.3 is 15.2 Å². The number of aromatic amines is 1. The van der Waals surface area contributed by atoms with Crippen LogP contribution in [-0.4, -0.2) is 81.1 Å². The normalized spacial score (nSPS) is 21.1. The number of nitrogens with one attached hydrogen (secondary N) is 4. The number of sulfonamides is 2. The molecule has 2 aliphatic rings. The molecule has 5 heterocycles. The van der Waals surface area contributed by atoms with Gasteiger partial charge in [-0.05, 0) is 44.4 Å². The fourth-order valence-corrected chi connectivity index (χ4v) is 6.26. The number of alkyl halides is 6. The summed E-state index contributed by atoms with van der Waals surface area (Å²) in [5.74, 6) is 0. The van der Waals surface area contributed by atoms with Crippen molar-refractivity contribution in [2.24, 2.45) is 0 Å². The van der Waals surface area contributed by atoms with E-state index in [-0.39, 0.29) is 13.1 Å². The summed E-state index contributed by atoms with van der Waals surface area (Å²) in [6, 6.07) is 2.18. The molecule has 4 N–H and O–H groups in total. The average molecular weight is 632 g/mol. The number of hydrogen-bond donors (Lipinski definition) is 4. The molecule has 3 aromatic heterocycles. The molecule has 0 spiro atoms. The van der Waals surface area contributed by atoms with Crippen molar-refractivity contribution in [2.45, 2.75) is 48.8 Å². The number of nitrogens with zero attached hydrogens (tertiary/aromatic N) is 3. The molecule has 19 heteroatoms. The topological polar surface area (TPSA) is 149 Å². The van der Waals surface area contributed by atoms with Crippen LogP contribution >= 0.6 is 0 Å². The Labute approximate surface area is 231 Å². The third-order valence-corrected chi connectivity index (χ3v) is 9.09. The largest absolute Gasteiger partial charge is 0.511 e. The Hall–Kier alpha value is -2.74. The first-order valence-corrected chi connectivity index (χ1v) is 15.4. The molecule has 5 rings (SSSR count). The molecule has 2 atom stereocenters. The van der Waals surface area contributed by atoms with Crippen molar-refractivity contribution in [3.8, 4) is 0 Å². The minimum absolute atomic E-state index is 0.145. The van der Waals surface area contributed by atoms with Crippen LogP contribution < -0.4 is 19.7 Å². The number of fused-ring (bicyclic) bond motifs is 3. The zero-order valence-corrected chi connectivity index (χ0v) is 22.9. The SMILES string of the molecule is O=S(=O)(NC1CCCN(c2cc[nH]c3cnc4nccc4c23)C1)C(F)(F)F.O=S(=O)(NC1CCCNC1)C(F)(F)F. The van der Waals surface area contributed by atoms with E-state index >= 15 is 0 Å². The van der Waals surface area contributed by atoms with Gasteiger partial charge in [-0.15, -0.1) is 0 Å². The Morgan fingerprint density at radius 3 is 2.20 bits per heavy atom. The zero-order chi connectivity index (χ0) is 30.1. The lowest BCUT2D eigenvalue weighted by atomic mass is 10.0. The molecule has 3 aromatic rings. The highest BCUT2D eigenvalue weighted by molar-refractivity contribution is 7.90. The van der Waals surface area contributed by atoms with Crippen LogP contribution in [0, 0.1) is 0 Å². The van der Waals surface area contributed by atoms with Crippen molar-refractivity contribution in [1.29, 1.82) is 0 Å². The predicted molar refractivity (Wildman–Crippen MR) is 139 cm³/mol. The van der Waals surface area contributed by atoms with Gasteiger partial charge in [0.15, 0.2) is 5.65 Å². The summed E-state index contributed by atoms with van der Waals surface area (Å²) in [4.78, 5) is 13.5. The van der Waals surface area contributed by atoms with Crippen LogP contribution in [0.25, 0.3) is 21.9 Å². The van der Waals surface area contributed by atoms with E-state index < -0.39 is 43.1 Å². The molecule has 0 saturated carbocycles. The Morgan fingerprint density at radius 1 is 0.902 bits per heavy atom. The summed E-state index contributed by atoms with van der Waals surface area (Å²) in [5.41, 5.74) is -8.38. The van der Waals surface area contributed by atoms with E-state index in [1.165, 1.54) is 0 Å². The standard InChI is InChI=1S/C16H16F3N5O2S.C6H11F3N2O2S/c17-16(18,19)27(25,26)23-10-2-1-7-24(9-10)13-4-6-20-12-8-22-15-11(14(12)13)3-5-21-15;7-6(8,9)14(12,13)11-5-2-1-3-10-4-5/h3-6,8,10,20,23H,1-2,7,9H2;5,10-11H,1-4H2. The Balaban J connectivity index is 0.000000234. The van der Waals surface area contributed by atoms with Gasteiger partial charge in [0.05, 0.1) is 11.7 Å². The molecule has 41 heavy (non-hydrogen) atoms. The summed E-state index contributed by atoms with van der Waals surface area (Å²) in [7, 11) is -10.6. The maximum atomic E-state index is 12.7. The molecule has 0 radical (unpaired) electrons. The van der Waals surface area contributed by atoms with Crippen LogP contribution in [0.3, 0.4) is 0 Å². The van der Waals surface area contributed by atoms with Crippen molar-refractivity contribution in [3.05, 3.63) is 30.7 Å². The Morgan fingerprint density at radius 2 is 1.56 bits per heavy atom. The predicted octanol–water partition coefficient (Wildman–Crippen LogP) is 2.70. The minimum Gasteiger partial charge on any atom is -0.369 e. The maximum Gasteiger partial charge on any atom is 0.511 e. The van der Waals surface area contributed by atoms with E-state index in [0.29, 0.717) is 44.4 Å². The van der Waals surface area contributed by atoms with Crippen LogP contribution in [0.2, 0.25) is 0 Å². The van der Waals surface area contributed by atoms with Gasteiger partial charge in [-0.1, -0.05) is 0 Å². The lowest BCUT2D eigenvalue weighted by molar-refractivity contribution is -0.0457. The number of anilines is 1. The Kier molecular flexibility index (Phi) is 9.03. The lowest BCUT2D eigenvalue weighted by Crippen LogP contribution is -2.50. The molecular formula is C22H27F6N7O4S2. The van der Waals surface area contributed by atoms with E-state index in [1.807, 2.05) is 17.0 Å². The van der Waals surface area contributed by atoms with E-state index in [9.17, 15) is 43.2 Å². The van der Waals surface area contributed by atoms with Gasteiger partial charge in [0.2, 0.25) is 0 Å². The fourth-order valence-electron chi connectivity index (χ4n) is 4.72. The van der Waals surface area contributed by atoms with Gasteiger partial charge in [0, 0.05) is 60.6 Å². The van der Waals surface area contributed by atoms with Gasteiger partial charge in [-0.2, -0.15) is 26.3 Å². The third kappa shape index (κ3) is 7.19. The monoisotopic (exact) mass is 631 g/mol.